The van der Waals surface area contributed by atoms with Crippen LogP contribution < -0.4 is 0 Å². The van der Waals surface area contributed by atoms with Gasteiger partial charge in [-0.05, 0) is 49.5 Å². The van der Waals surface area contributed by atoms with Crippen molar-refractivity contribution in [1.29, 1.82) is 0 Å². The van der Waals surface area contributed by atoms with E-state index in [0.717, 1.165) is 0 Å². The molecule has 1 saturated heterocycles. The van der Waals surface area contributed by atoms with E-state index in [-0.39, 0.29) is 6.61 Å². The molecule has 0 radical (unpaired) electrons. The number of rotatable bonds is 7. The number of hydrogen-bond donors (Lipinski definition) is 5. The molecule has 0 saturated carbocycles. The van der Waals surface area contributed by atoms with Crippen LogP contribution in [0.4, 0.5) is 0 Å². The summed E-state index contributed by atoms with van der Waals surface area (Å²) in [6, 6.07) is 0. The zero-order chi connectivity index (χ0) is 19.4. The Kier molecular flexibility index (Phi) is 10.7. The quantitative estimate of drug-likeness (QED) is 0.350. The molecule has 1 fully saturated rings. The van der Waals surface area contributed by atoms with E-state index in [1.165, 1.54) is 0 Å². The molecule has 0 aliphatic carbocycles. The van der Waals surface area contributed by atoms with E-state index in [9.17, 15) is 20.4 Å². The number of ether oxygens (including phenoxy) is 2. The maximum absolute atomic E-state index is 9.92. The molecule has 1 heterocycles. The van der Waals surface area contributed by atoms with Gasteiger partial charge in [0.2, 0.25) is 0 Å². The predicted molar refractivity (Wildman–Crippen MR) is 93.1 cm³/mol. The first kappa shape index (κ1) is 22.2. The molecule has 1 aliphatic heterocycles. The highest BCUT2D eigenvalue weighted by Gasteiger charge is 2.44. The fourth-order valence-corrected chi connectivity index (χ4v) is 2.20. The molecule has 7 heteroatoms. The van der Waals surface area contributed by atoms with Crippen molar-refractivity contribution in [3.63, 3.8) is 0 Å². The molecular weight excluding hydrogens is 340 g/mol. The second-order valence-electron chi connectivity index (χ2n) is 5.51. The van der Waals surface area contributed by atoms with Crippen molar-refractivity contribution in [2.75, 3.05) is 13.2 Å². The zero-order valence-corrected chi connectivity index (χ0v) is 14.5. The van der Waals surface area contributed by atoms with Crippen LogP contribution in [0, 0.1) is 35.5 Å². The Morgan fingerprint density at radius 1 is 1.04 bits per heavy atom. The molecule has 0 bridgehead atoms. The van der Waals surface area contributed by atoms with Crippen molar-refractivity contribution in [1.82, 2.24) is 0 Å². The fourth-order valence-electron chi connectivity index (χ4n) is 2.20. The van der Waals surface area contributed by atoms with Crippen molar-refractivity contribution >= 4 is 0 Å². The number of hydrogen-bond acceptors (Lipinski definition) is 7. The highest BCUT2D eigenvalue weighted by Crippen LogP contribution is 2.23. The highest BCUT2D eigenvalue weighted by molar-refractivity contribution is 5.37. The molecule has 6 atom stereocenters. The van der Waals surface area contributed by atoms with Crippen LogP contribution in [0.5, 0.6) is 0 Å². The van der Waals surface area contributed by atoms with Gasteiger partial charge in [0, 0.05) is 0 Å². The van der Waals surface area contributed by atoms with E-state index in [0.29, 0.717) is 12.8 Å². The van der Waals surface area contributed by atoms with Crippen molar-refractivity contribution in [3.8, 4) is 35.5 Å². The van der Waals surface area contributed by atoms with E-state index in [1.54, 1.807) is 19.1 Å². The summed E-state index contributed by atoms with van der Waals surface area (Å²) in [5.41, 5.74) is 0. The van der Waals surface area contributed by atoms with Crippen molar-refractivity contribution in [2.45, 2.75) is 56.6 Å². The van der Waals surface area contributed by atoms with Gasteiger partial charge in [-0.2, -0.15) is 0 Å². The third kappa shape index (κ3) is 7.17. The van der Waals surface area contributed by atoms with Crippen LogP contribution in [0.3, 0.4) is 0 Å². The number of allylic oxidation sites excluding steroid dienone is 2. The Morgan fingerprint density at radius 2 is 1.77 bits per heavy atom. The third-order valence-corrected chi connectivity index (χ3v) is 3.62. The summed E-state index contributed by atoms with van der Waals surface area (Å²) >= 11 is 0. The van der Waals surface area contributed by atoms with Crippen LogP contribution in [0.2, 0.25) is 0 Å². The largest absolute Gasteiger partial charge is 0.394 e. The third-order valence-electron chi connectivity index (χ3n) is 3.62. The standard InChI is InChI=1S/C19H24O7/c1-2-3-4-5-6-7-8-9-10-11-14(12-20)25-19-18(24)17(23)16(22)15(13-21)26-19/h8-9,14-24H,10-13H2,1H3. The summed E-state index contributed by atoms with van der Waals surface area (Å²) < 4.78 is 10.7. The molecule has 0 aromatic carbocycles. The molecule has 0 amide bonds. The molecule has 0 spiro atoms. The van der Waals surface area contributed by atoms with Crippen LogP contribution in [-0.4, -0.2) is 75.6 Å². The molecule has 1 rings (SSSR count). The summed E-state index contributed by atoms with van der Waals surface area (Å²) in [5.74, 6) is 15.6. The maximum atomic E-state index is 9.92. The summed E-state index contributed by atoms with van der Waals surface area (Å²) in [5, 5.41) is 47.9. The van der Waals surface area contributed by atoms with Crippen LogP contribution in [0.25, 0.3) is 0 Å². The lowest BCUT2D eigenvalue weighted by molar-refractivity contribution is -0.313. The predicted octanol–water partition coefficient (Wildman–Crippen LogP) is -1.47. The van der Waals surface area contributed by atoms with Gasteiger partial charge in [-0.3, -0.25) is 0 Å². The van der Waals surface area contributed by atoms with Crippen LogP contribution in [-0.2, 0) is 9.47 Å². The molecule has 7 nitrogen and oxygen atoms in total. The topological polar surface area (TPSA) is 120 Å². The molecule has 1 aliphatic rings. The minimum absolute atomic E-state index is 0.324. The van der Waals surface area contributed by atoms with E-state index in [2.05, 4.69) is 35.5 Å². The molecule has 0 aromatic heterocycles. The number of aliphatic hydroxyl groups is 5. The summed E-state index contributed by atoms with van der Waals surface area (Å²) in [4.78, 5) is 0. The van der Waals surface area contributed by atoms with Gasteiger partial charge >= 0.3 is 0 Å². The SMILES string of the molecule is CC#CC#CC#CC=CCCC(CO)OC1OC(CO)C(O)C(O)C1O. The fraction of sp³-hybridized carbons (Fsp3) is 0.579. The van der Waals surface area contributed by atoms with E-state index >= 15 is 0 Å². The molecule has 6 unspecified atom stereocenters. The van der Waals surface area contributed by atoms with Gasteiger partial charge in [-0.15, -0.1) is 0 Å². The lowest BCUT2D eigenvalue weighted by atomic mass is 9.99. The van der Waals surface area contributed by atoms with Gasteiger partial charge < -0.3 is 35.0 Å². The van der Waals surface area contributed by atoms with Crippen molar-refractivity contribution in [3.05, 3.63) is 12.2 Å². The van der Waals surface area contributed by atoms with Crippen LogP contribution in [0.1, 0.15) is 19.8 Å². The molecule has 0 aromatic rings. The van der Waals surface area contributed by atoms with Crippen molar-refractivity contribution < 1.29 is 35.0 Å². The lowest BCUT2D eigenvalue weighted by Gasteiger charge is -2.40. The molecular formula is C19H24O7. The van der Waals surface area contributed by atoms with E-state index < -0.39 is 43.4 Å². The Bertz CT molecular complexity index is 623. The first-order valence-corrected chi connectivity index (χ1v) is 8.19. The van der Waals surface area contributed by atoms with Crippen molar-refractivity contribution in [2.24, 2.45) is 0 Å². The minimum Gasteiger partial charge on any atom is -0.394 e. The van der Waals surface area contributed by atoms with Gasteiger partial charge in [0.05, 0.1) is 19.3 Å². The highest BCUT2D eigenvalue weighted by atomic mass is 16.7. The molecule has 26 heavy (non-hydrogen) atoms. The lowest BCUT2D eigenvalue weighted by Crippen LogP contribution is -2.59. The van der Waals surface area contributed by atoms with Gasteiger partial charge in [-0.1, -0.05) is 17.9 Å². The Balaban J connectivity index is 2.48. The van der Waals surface area contributed by atoms with Crippen LogP contribution in [0.15, 0.2) is 12.2 Å². The average Bonchev–Trinajstić information content (AvgIpc) is 2.65. The average molecular weight is 364 g/mol. The summed E-state index contributed by atoms with van der Waals surface area (Å²) in [6.07, 6.45) is -3.07. The molecule has 5 N–H and O–H groups in total. The first-order chi connectivity index (χ1) is 12.5. The normalized spacial score (nSPS) is 28.9. The first-order valence-electron chi connectivity index (χ1n) is 8.19. The minimum atomic E-state index is -1.51. The Morgan fingerprint density at radius 3 is 2.42 bits per heavy atom. The van der Waals surface area contributed by atoms with Crippen LogP contribution >= 0.6 is 0 Å². The summed E-state index contributed by atoms with van der Waals surface area (Å²) in [6.45, 7) is 0.824. The van der Waals surface area contributed by atoms with Gasteiger partial charge in [-0.25, -0.2) is 0 Å². The Hall–Kier alpha value is -1.86. The summed E-state index contributed by atoms with van der Waals surface area (Å²) in [7, 11) is 0. The maximum Gasteiger partial charge on any atom is 0.187 e. The Labute approximate surface area is 153 Å². The molecule has 142 valence electrons. The van der Waals surface area contributed by atoms with E-state index in [1.807, 2.05) is 0 Å². The van der Waals surface area contributed by atoms with E-state index in [4.69, 9.17) is 14.6 Å². The second kappa shape index (κ2) is 12.5. The smallest absolute Gasteiger partial charge is 0.187 e. The van der Waals surface area contributed by atoms with Gasteiger partial charge in [0.15, 0.2) is 6.29 Å². The number of aliphatic hydroxyl groups excluding tert-OH is 5. The zero-order valence-electron chi connectivity index (χ0n) is 14.5. The second-order valence-corrected chi connectivity index (χ2v) is 5.51. The van der Waals surface area contributed by atoms with Gasteiger partial charge in [0.25, 0.3) is 0 Å². The van der Waals surface area contributed by atoms with Gasteiger partial charge in [0.1, 0.15) is 24.4 Å². The monoisotopic (exact) mass is 364 g/mol.